The zero-order chi connectivity index (χ0) is 17.1. The van der Waals surface area contributed by atoms with Crippen molar-refractivity contribution in [2.24, 2.45) is 0 Å². The fourth-order valence-electron chi connectivity index (χ4n) is 3.03. The molecule has 126 valence electrons. The van der Waals surface area contributed by atoms with E-state index in [1.54, 1.807) is 19.2 Å². The van der Waals surface area contributed by atoms with Crippen LogP contribution in [-0.4, -0.2) is 25.2 Å². The van der Waals surface area contributed by atoms with Crippen LogP contribution in [0.5, 0.6) is 5.75 Å². The maximum Gasteiger partial charge on any atom is 0.256 e. The van der Waals surface area contributed by atoms with Crippen LogP contribution in [0.3, 0.4) is 0 Å². The molecule has 24 heavy (non-hydrogen) atoms. The molecule has 1 amide bonds. The Labute approximate surface area is 149 Å². The maximum atomic E-state index is 12.7. The van der Waals surface area contributed by atoms with Crippen molar-refractivity contribution in [1.82, 2.24) is 16.2 Å². The molecule has 0 saturated carbocycles. The molecule has 1 heterocycles. The van der Waals surface area contributed by atoms with E-state index in [0.29, 0.717) is 11.3 Å². The van der Waals surface area contributed by atoms with Crippen molar-refractivity contribution >= 4 is 21.8 Å². The fourth-order valence-corrected chi connectivity index (χ4v) is 3.30. The SMILES string of the molecule is COc1ccccc1C(=O)NC1NNC(C)C1c1ccc(Br)cc1. The van der Waals surface area contributed by atoms with Crippen molar-refractivity contribution in [2.75, 3.05) is 7.11 Å². The van der Waals surface area contributed by atoms with Gasteiger partial charge in [-0.2, -0.15) is 0 Å². The van der Waals surface area contributed by atoms with Gasteiger partial charge in [0.1, 0.15) is 11.9 Å². The highest BCUT2D eigenvalue weighted by atomic mass is 79.9. The van der Waals surface area contributed by atoms with Gasteiger partial charge in [-0.05, 0) is 36.8 Å². The van der Waals surface area contributed by atoms with E-state index < -0.39 is 0 Å². The molecule has 3 atom stereocenters. The predicted octanol–water partition coefficient (Wildman–Crippen LogP) is 2.79. The standard InChI is InChI=1S/C18H20BrN3O2/c1-11-16(12-7-9-13(19)10-8-12)17(22-21-11)20-18(23)14-5-3-4-6-15(14)24-2/h3-11,16-17,21-22H,1-2H3,(H,20,23). The Bertz CT molecular complexity index is 720. The monoisotopic (exact) mass is 389 g/mol. The normalized spacial score (nSPS) is 23.0. The molecule has 1 aliphatic rings. The number of hydrogen-bond acceptors (Lipinski definition) is 4. The van der Waals surface area contributed by atoms with Gasteiger partial charge < -0.3 is 10.1 Å². The third-order valence-corrected chi connectivity index (χ3v) is 4.79. The van der Waals surface area contributed by atoms with E-state index in [-0.39, 0.29) is 24.0 Å². The van der Waals surface area contributed by atoms with Gasteiger partial charge in [0.15, 0.2) is 0 Å². The van der Waals surface area contributed by atoms with Crippen molar-refractivity contribution in [2.45, 2.75) is 25.0 Å². The number of carbonyl (C=O) groups excluding carboxylic acids is 1. The molecule has 3 unspecified atom stereocenters. The molecule has 3 N–H and O–H groups in total. The first-order valence-electron chi connectivity index (χ1n) is 7.80. The number of hydrazine groups is 1. The molecule has 2 aromatic carbocycles. The first-order chi connectivity index (χ1) is 11.6. The van der Waals surface area contributed by atoms with Crippen molar-refractivity contribution in [3.63, 3.8) is 0 Å². The second kappa shape index (κ2) is 7.34. The van der Waals surface area contributed by atoms with Crippen LogP contribution in [0.25, 0.3) is 0 Å². The minimum absolute atomic E-state index is 0.122. The zero-order valence-corrected chi connectivity index (χ0v) is 15.1. The Morgan fingerprint density at radius 3 is 2.54 bits per heavy atom. The number of rotatable bonds is 4. The summed E-state index contributed by atoms with van der Waals surface area (Å²) in [5.74, 6) is 0.522. The zero-order valence-electron chi connectivity index (χ0n) is 13.5. The van der Waals surface area contributed by atoms with Gasteiger partial charge in [0.05, 0.1) is 12.7 Å². The van der Waals surface area contributed by atoms with Crippen LogP contribution in [0, 0.1) is 0 Å². The summed E-state index contributed by atoms with van der Waals surface area (Å²) < 4.78 is 6.31. The van der Waals surface area contributed by atoms with E-state index in [1.165, 1.54) is 0 Å². The number of methoxy groups -OCH3 is 1. The number of hydrogen-bond donors (Lipinski definition) is 3. The second-order valence-electron chi connectivity index (χ2n) is 5.81. The Morgan fingerprint density at radius 2 is 1.83 bits per heavy atom. The van der Waals surface area contributed by atoms with Crippen LogP contribution >= 0.6 is 15.9 Å². The van der Waals surface area contributed by atoms with E-state index in [2.05, 4.69) is 51.2 Å². The Hall–Kier alpha value is -1.89. The van der Waals surface area contributed by atoms with Crippen LogP contribution in [0.15, 0.2) is 53.0 Å². The first-order valence-corrected chi connectivity index (χ1v) is 8.60. The molecule has 0 spiro atoms. The Kier molecular flexibility index (Phi) is 5.18. The molecule has 5 nitrogen and oxygen atoms in total. The quantitative estimate of drug-likeness (QED) is 0.752. The highest BCUT2D eigenvalue weighted by molar-refractivity contribution is 9.10. The summed E-state index contributed by atoms with van der Waals surface area (Å²) in [6.07, 6.45) is -0.210. The topological polar surface area (TPSA) is 62.4 Å². The summed E-state index contributed by atoms with van der Waals surface area (Å²) in [5, 5.41) is 3.06. The number of para-hydroxylation sites is 1. The van der Waals surface area contributed by atoms with Gasteiger partial charge >= 0.3 is 0 Å². The molecule has 1 saturated heterocycles. The molecule has 6 heteroatoms. The summed E-state index contributed by atoms with van der Waals surface area (Å²) >= 11 is 3.46. The van der Waals surface area contributed by atoms with Gasteiger partial charge in [-0.3, -0.25) is 10.2 Å². The largest absolute Gasteiger partial charge is 0.496 e. The molecular formula is C18H20BrN3O2. The number of ether oxygens (including phenoxy) is 1. The van der Waals surface area contributed by atoms with Crippen molar-refractivity contribution in [3.05, 3.63) is 64.1 Å². The summed E-state index contributed by atoms with van der Waals surface area (Å²) in [6.45, 7) is 2.09. The maximum absolute atomic E-state index is 12.7. The lowest BCUT2D eigenvalue weighted by Gasteiger charge is -2.23. The van der Waals surface area contributed by atoms with E-state index in [1.807, 2.05) is 24.3 Å². The average Bonchev–Trinajstić information content (AvgIpc) is 2.96. The predicted molar refractivity (Wildman–Crippen MR) is 96.9 cm³/mol. The molecule has 1 fully saturated rings. The number of halogens is 1. The van der Waals surface area contributed by atoms with E-state index in [4.69, 9.17) is 4.74 Å². The highest BCUT2D eigenvalue weighted by Gasteiger charge is 2.35. The van der Waals surface area contributed by atoms with Gasteiger partial charge in [0.2, 0.25) is 0 Å². The molecule has 2 aromatic rings. The lowest BCUT2D eigenvalue weighted by Crippen LogP contribution is -2.46. The Morgan fingerprint density at radius 1 is 1.12 bits per heavy atom. The minimum Gasteiger partial charge on any atom is -0.496 e. The van der Waals surface area contributed by atoms with E-state index in [9.17, 15) is 4.79 Å². The lowest BCUT2D eigenvalue weighted by atomic mass is 9.91. The Balaban J connectivity index is 1.80. The van der Waals surface area contributed by atoms with Crippen LogP contribution in [0.2, 0.25) is 0 Å². The fraction of sp³-hybridized carbons (Fsp3) is 0.278. The van der Waals surface area contributed by atoms with Crippen LogP contribution < -0.4 is 20.9 Å². The van der Waals surface area contributed by atoms with Crippen molar-refractivity contribution in [1.29, 1.82) is 0 Å². The summed E-state index contributed by atoms with van der Waals surface area (Å²) in [6, 6.07) is 15.6. The van der Waals surface area contributed by atoms with Crippen LogP contribution in [0.1, 0.15) is 28.8 Å². The number of nitrogens with one attached hydrogen (secondary N) is 3. The summed E-state index contributed by atoms with van der Waals surface area (Å²) in [5.41, 5.74) is 8.07. The molecule has 3 rings (SSSR count). The van der Waals surface area contributed by atoms with Gasteiger partial charge in [0, 0.05) is 16.4 Å². The van der Waals surface area contributed by atoms with Gasteiger partial charge in [-0.25, -0.2) is 5.43 Å². The molecule has 1 aliphatic heterocycles. The van der Waals surface area contributed by atoms with Gasteiger partial charge in [0.25, 0.3) is 5.91 Å². The second-order valence-corrected chi connectivity index (χ2v) is 6.72. The van der Waals surface area contributed by atoms with Crippen LogP contribution in [0.4, 0.5) is 0 Å². The third-order valence-electron chi connectivity index (χ3n) is 4.26. The van der Waals surface area contributed by atoms with Gasteiger partial charge in [-0.15, -0.1) is 0 Å². The molecule has 0 aromatic heterocycles. The highest BCUT2D eigenvalue weighted by Crippen LogP contribution is 2.28. The van der Waals surface area contributed by atoms with Crippen LogP contribution in [-0.2, 0) is 0 Å². The summed E-state index contributed by atoms with van der Waals surface area (Å²) in [7, 11) is 1.56. The average molecular weight is 390 g/mol. The minimum atomic E-state index is -0.210. The summed E-state index contributed by atoms with van der Waals surface area (Å²) in [4.78, 5) is 12.7. The molecular weight excluding hydrogens is 370 g/mol. The number of benzene rings is 2. The molecule has 0 radical (unpaired) electrons. The third kappa shape index (κ3) is 3.45. The molecule has 0 bridgehead atoms. The van der Waals surface area contributed by atoms with Gasteiger partial charge in [-0.1, -0.05) is 40.2 Å². The van der Waals surface area contributed by atoms with Crippen molar-refractivity contribution in [3.8, 4) is 5.75 Å². The van der Waals surface area contributed by atoms with Crippen molar-refractivity contribution < 1.29 is 9.53 Å². The smallest absolute Gasteiger partial charge is 0.256 e. The first kappa shape index (κ1) is 17.0. The number of amides is 1. The van der Waals surface area contributed by atoms with E-state index >= 15 is 0 Å². The lowest BCUT2D eigenvalue weighted by molar-refractivity contribution is 0.0925. The number of carbonyl (C=O) groups is 1. The molecule has 0 aliphatic carbocycles. The van der Waals surface area contributed by atoms with E-state index in [0.717, 1.165) is 10.0 Å².